The maximum absolute atomic E-state index is 9.94. The normalized spacial score (nSPS) is 24.5. The third-order valence-electron chi connectivity index (χ3n) is 5.84. The Morgan fingerprint density at radius 1 is 1.00 bits per heavy atom. The van der Waals surface area contributed by atoms with E-state index in [1.165, 1.54) is 0 Å². The number of nitrogen functional groups attached to an aromatic ring is 1. The number of nitrogens with two attached hydrogens (primary N) is 1. The number of aliphatic hydroxyl groups excluding tert-OH is 1. The van der Waals surface area contributed by atoms with Gasteiger partial charge in [0.25, 0.3) is 0 Å². The summed E-state index contributed by atoms with van der Waals surface area (Å²) in [5.74, 6) is 0.700. The van der Waals surface area contributed by atoms with E-state index in [-0.39, 0.29) is 30.6 Å². The van der Waals surface area contributed by atoms with Gasteiger partial charge in [0.2, 0.25) is 0 Å². The smallest absolute Gasteiger partial charge is 0.166 e. The number of aromatic nitrogens is 2. The number of hydrogen-bond acceptors (Lipinski definition) is 7. The van der Waals surface area contributed by atoms with Crippen molar-refractivity contribution < 1.29 is 19.3 Å². The van der Waals surface area contributed by atoms with E-state index in [0.717, 1.165) is 16.8 Å². The molecule has 3 unspecified atom stereocenters. The molecule has 2 aromatic heterocycles. The molecular formula is C23H21Cl2N3O4. The minimum absolute atomic E-state index is 0.00462. The van der Waals surface area contributed by atoms with E-state index >= 15 is 0 Å². The fourth-order valence-corrected chi connectivity index (χ4v) is 4.58. The van der Waals surface area contributed by atoms with Crippen molar-refractivity contribution in [3.63, 3.8) is 0 Å². The Hall–Kier alpha value is -2.42. The average molecular weight is 474 g/mol. The lowest BCUT2D eigenvalue weighted by Crippen LogP contribution is -2.28. The van der Waals surface area contributed by atoms with Crippen LogP contribution in [0.5, 0.6) is 5.75 Å². The van der Waals surface area contributed by atoms with Crippen LogP contribution in [0.1, 0.15) is 17.2 Å². The molecule has 9 heteroatoms. The predicted octanol–water partition coefficient (Wildman–Crippen LogP) is 3.85. The molecule has 32 heavy (non-hydrogen) atoms. The van der Waals surface area contributed by atoms with E-state index in [0.29, 0.717) is 34.6 Å². The number of rotatable bonds is 5. The molecule has 5 rings (SSSR count). The van der Waals surface area contributed by atoms with Gasteiger partial charge in [-0.15, -0.1) is 0 Å². The number of aliphatic hydroxyl groups is 1. The molecule has 4 heterocycles. The van der Waals surface area contributed by atoms with Gasteiger partial charge in [-0.25, -0.2) is 4.98 Å². The van der Waals surface area contributed by atoms with Crippen molar-refractivity contribution in [1.29, 1.82) is 0 Å². The number of fused-ring (bicyclic) bond motifs is 1. The maximum atomic E-state index is 9.94. The van der Waals surface area contributed by atoms with E-state index in [4.69, 9.17) is 43.1 Å². The van der Waals surface area contributed by atoms with Gasteiger partial charge in [-0.2, -0.15) is 0 Å². The Morgan fingerprint density at radius 3 is 2.50 bits per heavy atom. The predicted molar refractivity (Wildman–Crippen MR) is 121 cm³/mol. The van der Waals surface area contributed by atoms with E-state index in [2.05, 4.69) is 9.97 Å². The minimum atomic E-state index is -0.579. The van der Waals surface area contributed by atoms with Crippen LogP contribution >= 0.6 is 23.2 Å². The molecule has 0 amide bonds. The molecule has 0 aliphatic carbocycles. The molecule has 7 nitrogen and oxygen atoms in total. The second kappa shape index (κ2) is 8.84. The van der Waals surface area contributed by atoms with Crippen LogP contribution in [0.25, 0.3) is 11.1 Å². The van der Waals surface area contributed by atoms with Gasteiger partial charge in [-0.1, -0.05) is 35.3 Å². The first kappa shape index (κ1) is 21.4. The van der Waals surface area contributed by atoms with Crippen molar-refractivity contribution in [1.82, 2.24) is 9.97 Å². The molecule has 0 spiro atoms. The third-order valence-corrected chi connectivity index (χ3v) is 6.55. The summed E-state index contributed by atoms with van der Waals surface area (Å²) in [6.07, 6.45) is 2.42. The van der Waals surface area contributed by atoms with Crippen LogP contribution in [0.3, 0.4) is 0 Å². The van der Waals surface area contributed by atoms with Gasteiger partial charge in [0.05, 0.1) is 25.2 Å². The van der Waals surface area contributed by atoms with E-state index in [1.54, 1.807) is 30.6 Å². The number of ether oxygens (including phenoxy) is 3. The largest absolute Gasteiger partial charge is 0.485 e. The van der Waals surface area contributed by atoms with E-state index < -0.39 is 6.10 Å². The van der Waals surface area contributed by atoms with Gasteiger partial charge in [0.15, 0.2) is 11.6 Å². The second-order valence-electron chi connectivity index (χ2n) is 7.84. The Morgan fingerprint density at radius 2 is 1.75 bits per heavy atom. The number of halogens is 2. The first-order valence-corrected chi connectivity index (χ1v) is 11.0. The summed E-state index contributed by atoms with van der Waals surface area (Å²) in [4.78, 5) is 8.87. The highest BCUT2D eigenvalue weighted by Crippen LogP contribution is 2.37. The fourth-order valence-electron chi connectivity index (χ4n) is 4.08. The topological polar surface area (TPSA) is 99.7 Å². The first-order valence-electron chi connectivity index (χ1n) is 10.2. The molecule has 1 aromatic carbocycles. The highest BCUT2D eigenvalue weighted by atomic mass is 35.5. The number of nitrogens with zero attached hydrogens (tertiary/aromatic N) is 2. The molecular weight excluding hydrogens is 453 g/mol. The summed E-state index contributed by atoms with van der Waals surface area (Å²) in [5, 5.41) is 11.0. The van der Waals surface area contributed by atoms with E-state index in [9.17, 15) is 5.11 Å². The molecule has 2 aliphatic heterocycles. The first-order chi connectivity index (χ1) is 15.5. The lowest BCUT2D eigenvalue weighted by Gasteiger charge is -2.16. The van der Waals surface area contributed by atoms with E-state index in [1.807, 2.05) is 18.2 Å². The molecule has 0 saturated carbocycles. The Balaban J connectivity index is 1.33. The number of anilines is 1. The molecule has 2 saturated heterocycles. The molecule has 0 radical (unpaired) electrons. The lowest BCUT2D eigenvalue weighted by molar-refractivity contribution is 0.0181. The minimum Gasteiger partial charge on any atom is -0.485 e. The van der Waals surface area contributed by atoms with Gasteiger partial charge >= 0.3 is 0 Å². The van der Waals surface area contributed by atoms with Gasteiger partial charge in [0, 0.05) is 44.8 Å². The van der Waals surface area contributed by atoms with Crippen LogP contribution < -0.4 is 10.5 Å². The quantitative estimate of drug-likeness (QED) is 0.580. The highest BCUT2D eigenvalue weighted by molar-refractivity contribution is 6.35. The Bertz CT molecular complexity index is 1110. The number of benzene rings is 1. The van der Waals surface area contributed by atoms with Crippen molar-refractivity contribution in [2.45, 2.75) is 30.8 Å². The van der Waals surface area contributed by atoms with Crippen molar-refractivity contribution in [3.05, 3.63) is 70.1 Å². The third kappa shape index (κ3) is 4.02. The second-order valence-corrected chi connectivity index (χ2v) is 8.65. The zero-order valence-electron chi connectivity index (χ0n) is 16.9. The van der Waals surface area contributed by atoms with Gasteiger partial charge in [-0.05, 0) is 24.3 Å². The summed E-state index contributed by atoms with van der Waals surface area (Å²) in [7, 11) is 0. The highest BCUT2D eigenvalue weighted by Gasteiger charge is 2.48. The van der Waals surface area contributed by atoms with Crippen LogP contribution in [0.2, 0.25) is 10.0 Å². The Kier molecular flexibility index (Phi) is 5.92. The maximum Gasteiger partial charge on any atom is 0.166 e. The van der Waals surface area contributed by atoms with Gasteiger partial charge < -0.3 is 25.1 Å². The number of hydrogen-bond donors (Lipinski definition) is 2. The summed E-state index contributed by atoms with van der Waals surface area (Å²) in [5.41, 5.74) is 9.23. The van der Waals surface area contributed by atoms with Crippen molar-refractivity contribution in [2.24, 2.45) is 0 Å². The van der Waals surface area contributed by atoms with Crippen LogP contribution in [0.15, 0.2) is 48.8 Å². The van der Waals surface area contributed by atoms with Gasteiger partial charge in [0.1, 0.15) is 18.8 Å². The summed E-state index contributed by atoms with van der Waals surface area (Å²) >= 11 is 12.4. The molecule has 3 aromatic rings. The average Bonchev–Trinajstić information content (AvgIpc) is 3.38. The summed E-state index contributed by atoms with van der Waals surface area (Å²) in [6.45, 7) is 0.940. The summed E-state index contributed by atoms with van der Waals surface area (Å²) < 4.78 is 17.3. The molecule has 166 valence electrons. The fraction of sp³-hybridized carbons (Fsp3) is 0.304. The van der Waals surface area contributed by atoms with Crippen molar-refractivity contribution >= 4 is 29.0 Å². The zero-order chi connectivity index (χ0) is 22.2. The standard InChI is InChI=1S/C23H21Cl2N3O4/c24-16-2-1-3-17(25)14(16)9-30-20-6-13(8-28-23(20)26)12-4-5-18(27-7-12)15-10-31-22-19(29)11-32-21(15)22/h1-8,15,19,21-22,29H,9-11H2,(H2,26,28)/t15-,19?,21?,22?/m1/s1. The summed E-state index contributed by atoms with van der Waals surface area (Å²) in [6, 6.07) is 11.0. The Labute approximate surface area is 195 Å². The van der Waals surface area contributed by atoms with Crippen molar-refractivity contribution in [2.75, 3.05) is 18.9 Å². The molecule has 2 aliphatic rings. The molecule has 4 atom stereocenters. The van der Waals surface area contributed by atoms with Crippen molar-refractivity contribution in [3.8, 4) is 16.9 Å². The van der Waals surface area contributed by atoms with Crippen LogP contribution in [-0.4, -0.2) is 46.6 Å². The molecule has 3 N–H and O–H groups in total. The zero-order valence-corrected chi connectivity index (χ0v) is 18.5. The van der Waals surface area contributed by atoms with Gasteiger partial charge in [-0.3, -0.25) is 4.98 Å². The molecule has 0 bridgehead atoms. The van der Waals surface area contributed by atoms with Crippen LogP contribution in [0.4, 0.5) is 5.82 Å². The lowest BCUT2D eigenvalue weighted by atomic mass is 9.96. The van der Waals surface area contributed by atoms with Crippen LogP contribution in [-0.2, 0) is 16.1 Å². The number of pyridine rings is 2. The monoisotopic (exact) mass is 473 g/mol. The molecule has 2 fully saturated rings. The van der Waals surface area contributed by atoms with Crippen LogP contribution in [0, 0.1) is 0 Å². The SMILES string of the molecule is Nc1ncc(-c2ccc([C@H]3COC4C(O)COC43)nc2)cc1OCc1c(Cl)cccc1Cl.